The Labute approximate surface area is 110 Å². The lowest BCUT2D eigenvalue weighted by Gasteiger charge is -2.09. The van der Waals surface area contributed by atoms with Gasteiger partial charge in [0.1, 0.15) is 0 Å². The van der Waals surface area contributed by atoms with Gasteiger partial charge < -0.3 is 10.3 Å². The summed E-state index contributed by atoms with van der Waals surface area (Å²) in [6.45, 7) is 13.0. The van der Waals surface area contributed by atoms with E-state index in [0.29, 0.717) is 5.92 Å². The van der Waals surface area contributed by atoms with E-state index in [4.69, 9.17) is 0 Å². The van der Waals surface area contributed by atoms with Crippen LogP contribution in [0.25, 0.3) is 10.9 Å². The molecule has 0 aliphatic carbocycles. The fourth-order valence-electron chi connectivity index (χ4n) is 2.64. The number of aryl methyl sites for hydroxylation is 3. The van der Waals surface area contributed by atoms with Gasteiger partial charge in [-0.1, -0.05) is 19.9 Å². The number of H-pyrrole nitrogens is 1. The molecule has 1 aromatic heterocycles. The smallest absolute Gasteiger partial charge is 0.0464 e. The molecule has 0 fully saturated rings. The number of nitrogens with one attached hydrogen (secondary N) is 2. The predicted molar refractivity (Wildman–Crippen MR) is 79.1 cm³/mol. The Kier molecular flexibility index (Phi) is 3.76. The Morgan fingerprint density at radius 2 is 1.89 bits per heavy atom. The van der Waals surface area contributed by atoms with Crippen molar-refractivity contribution in [1.29, 1.82) is 0 Å². The second-order valence-electron chi connectivity index (χ2n) is 5.76. The third-order valence-electron chi connectivity index (χ3n) is 3.41. The molecule has 2 aromatic rings. The van der Waals surface area contributed by atoms with Crippen molar-refractivity contribution in [2.45, 2.75) is 41.2 Å². The lowest BCUT2D eigenvalue weighted by molar-refractivity contribution is 0.552. The van der Waals surface area contributed by atoms with Gasteiger partial charge in [0, 0.05) is 23.1 Å². The summed E-state index contributed by atoms with van der Waals surface area (Å²) < 4.78 is 0. The lowest BCUT2D eigenvalue weighted by Crippen LogP contribution is -2.19. The van der Waals surface area contributed by atoms with Crippen LogP contribution < -0.4 is 5.32 Å². The first-order valence-corrected chi connectivity index (χ1v) is 6.78. The summed E-state index contributed by atoms with van der Waals surface area (Å²) in [5.74, 6) is 0.693. The van der Waals surface area contributed by atoms with Crippen molar-refractivity contribution >= 4 is 10.9 Å². The third kappa shape index (κ3) is 2.59. The summed E-state index contributed by atoms with van der Waals surface area (Å²) in [6, 6.07) is 4.50. The molecule has 0 spiro atoms. The highest BCUT2D eigenvalue weighted by atomic mass is 14.9. The van der Waals surface area contributed by atoms with Gasteiger partial charge in [0.25, 0.3) is 0 Å². The molecule has 0 aliphatic rings. The number of aromatic nitrogens is 1. The molecule has 2 rings (SSSR count). The van der Waals surface area contributed by atoms with Crippen LogP contribution in [0.2, 0.25) is 0 Å². The minimum absolute atomic E-state index is 0.693. The van der Waals surface area contributed by atoms with E-state index in [0.717, 1.165) is 13.1 Å². The number of aromatic amines is 1. The first-order valence-electron chi connectivity index (χ1n) is 6.78. The van der Waals surface area contributed by atoms with Crippen molar-refractivity contribution in [3.63, 3.8) is 0 Å². The van der Waals surface area contributed by atoms with Crippen LogP contribution in [0.3, 0.4) is 0 Å². The van der Waals surface area contributed by atoms with Crippen molar-refractivity contribution in [2.75, 3.05) is 6.54 Å². The number of rotatable bonds is 4. The second-order valence-corrected chi connectivity index (χ2v) is 5.76. The zero-order valence-electron chi connectivity index (χ0n) is 12.1. The van der Waals surface area contributed by atoms with Crippen molar-refractivity contribution in [2.24, 2.45) is 5.92 Å². The van der Waals surface area contributed by atoms with Crippen LogP contribution in [0.4, 0.5) is 0 Å². The van der Waals surface area contributed by atoms with E-state index >= 15 is 0 Å². The van der Waals surface area contributed by atoms with E-state index in [-0.39, 0.29) is 0 Å². The van der Waals surface area contributed by atoms with Gasteiger partial charge in [-0.3, -0.25) is 0 Å². The molecule has 0 unspecified atom stereocenters. The zero-order chi connectivity index (χ0) is 13.3. The van der Waals surface area contributed by atoms with E-state index in [1.165, 1.54) is 33.3 Å². The molecule has 0 saturated heterocycles. The Bertz CT molecular complexity index is 550. The van der Waals surface area contributed by atoms with Gasteiger partial charge >= 0.3 is 0 Å². The first kappa shape index (κ1) is 13.2. The summed E-state index contributed by atoms with van der Waals surface area (Å²) in [5.41, 5.74) is 6.67. The largest absolute Gasteiger partial charge is 0.358 e. The average molecular weight is 244 g/mol. The molecular weight excluding hydrogens is 220 g/mol. The summed E-state index contributed by atoms with van der Waals surface area (Å²) >= 11 is 0. The number of fused-ring (bicyclic) bond motifs is 1. The minimum atomic E-state index is 0.693. The van der Waals surface area contributed by atoms with Gasteiger partial charge in [-0.2, -0.15) is 0 Å². The summed E-state index contributed by atoms with van der Waals surface area (Å²) in [4.78, 5) is 3.51. The maximum absolute atomic E-state index is 3.54. The van der Waals surface area contributed by atoms with Crippen molar-refractivity contribution < 1.29 is 0 Å². The number of hydrogen-bond acceptors (Lipinski definition) is 1. The molecule has 0 aliphatic heterocycles. The van der Waals surface area contributed by atoms with Crippen molar-refractivity contribution in [3.05, 3.63) is 34.5 Å². The molecule has 0 bridgehead atoms. The van der Waals surface area contributed by atoms with Crippen LogP contribution in [0.1, 0.15) is 36.2 Å². The molecule has 18 heavy (non-hydrogen) atoms. The van der Waals surface area contributed by atoms with Gasteiger partial charge in [0.05, 0.1) is 0 Å². The minimum Gasteiger partial charge on any atom is -0.358 e. The summed E-state index contributed by atoms with van der Waals surface area (Å²) in [6.07, 6.45) is 0. The van der Waals surface area contributed by atoms with Crippen LogP contribution in [-0.4, -0.2) is 11.5 Å². The summed E-state index contributed by atoms with van der Waals surface area (Å²) in [7, 11) is 0. The Morgan fingerprint density at radius 3 is 2.56 bits per heavy atom. The maximum atomic E-state index is 3.54. The fourth-order valence-corrected chi connectivity index (χ4v) is 2.64. The van der Waals surface area contributed by atoms with E-state index in [9.17, 15) is 0 Å². The summed E-state index contributed by atoms with van der Waals surface area (Å²) in [5, 5.41) is 4.94. The Balaban J connectivity index is 2.35. The molecule has 0 atom stereocenters. The lowest BCUT2D eigenvalue weighted by atomic mass is 10.0. The van der Waals surface area contributed by atoms with Crippen LogP contribution >= 0.6 is 0 Å². The third-order valence-corrected chi connectivity index (χ3v) is 3.41. The number of hydrogen-bond donors (Lipinski definition) is 2. The zero-order valence-corrected chi connectivity index (χ0v) is 12.1. The molecule has 2 nitrogen and oxygen atoms in total. The van der Waals surface area contributed by atoms with Crippen LogP contribution in [0, 0.1) is 26.7 Å². The highest BCUT2D eigenvalue weighted by molar-refractivity contribution is 5.88. The molecule has 1 heterocycles. The van der Waals surface area contributed by atoms with Gasteiger partial charge in [-0.05, 0) is 56.0 Å². The second kappa shape index (κ2) is 5.15. The maximum Gasteiger partial charge on any atom is 0.0464 e. The normalized spacial score (nSPS) is 11.7. The quantitative estimate of drug-likeness (QED) is 0.840. The molecule has 0 amide bonds. The van der Waals surface area contributed by atoms with Crippen molar-refractivity contribution in [1.82, 2.24) is 10.3 Å². The standard InChI is InChI=1S/C16H24N2/c1-10(2)8-17-9-14-13(5)18-15-7-11(3)6-12(4)16(14)15/h6-7,10,17-18H,8-9H2,1-5H3. The first-order chi connectivity index (χ1) is 8.49. The van der Waals surface area contributed by atoms with Crippen LogP contribution in [0.15, 0.2) is 12.1 Å². The SMILES string of the molecule is Cc1cc(C)c2c(CNCC(C)C)c(C)[nH]c2c1. The molecule has 0 saturated carbocycles. The van der Waals surface area contributed by atoms with E-state index < -0.39 is 0 Å². The fraction of sp³-hybridized carbons (Fsp3) is 0.500. The molecule has 2 heteroatoms. The molecular formula is C16H24N2. The Morgan fingerprint density at radius 1 is 1.17 bits per heavy atom. The number of benzene rings is 1. The highest BCUT2D eigenvalue weighted by Gasteiger charge is 2.10. The van der Waals surface area contributed by atoms with E-state index in [2.05, 4.69) is 57.1 Å². The molecule has 1 aromatic carbocycles. The highest BCUT2D eigenvalue weighted by Crippen LogP contribution is 2.26. The average Bonchev–Trinajstić information content (AvgIpc) is 2.54. The predicted octanol–water partition coefficient (Wildman–Crippen LogP) is 3.84. The van der Waals surface area contributed by atoms with Gasteiger partial charge in [0.2, 0.25) is 0 Å². The van der Waals surface area contributed by atoms with Crippen molar-refractivity contribution in [3.8, 4) is 0 Å². The van der Waals surface area contributed by atoms with E-state index in [1.54, 1.807) is 0 Å². The monoisotopic (exact) mass is 244 g/mol. The van der Waals surface area contributed by atoms with Crippen LogP contribution in [-0.2, 0) is 6.54 Å². The van der Waals surface area contributed by atoms with Gasteiger partial charge in [0.15, 0.2) is 0 Å². The molecule has 98 valence electrons. The van der Waals surface area contributed by atoms with Gasteiger partial charge in [-0.25, -0.2) is 0 Å². The van der Waals surface area contributed by atoms with Crippen LogP contribution in [0.5, 0.6) is 0 Å². The van der Waals surface area contributed by atoms with E-state index in [1.807, 2.05) is 0 Å². The molecule has 0 radical (unpaired) electrons. The van der Waals surface area contributed by atoms with Gasteiger partial charge in [-0.15, -0.1) is 0 Å². The Hall–Kier alpha value is -1.28. The molecule has 2 N–H and O–H groups in total. The topological polar surface area (TPSA) is 27.8 Å².